The molecule has 4 rings (SSSR count). The summed E-state index contributed by atoms with van der Waals surface area (Å²) in [6.45, 7) is 0. The van der Waals surface area contributed by atoms with E-state index in [0.29, 0.717) is 29.7 Å². The fraction of sp³-hybridized carbons (Fsp3) is 0.750. The van der Waals surface area contributed by atoms with Gasteiger partial charge in [0.05, 0.1) is 0 Å². The Balaban J connectivity index is 1.20. The normalized spacial score (nSPS) is 31.7. The Kier molecular flexibility index (Phi) is 5.11. The molecule has 3 aliphatic rings. The number of nitrogens with two attached hydrogens (primary N) is 1. The van der Waals surface area contributed by atoms with Gasteiger partial charge in [-0.05, 0) is 63.7 Å². The van der Waals surface area contributed by atoms with Gasteiger partial charge in [0.25, 0.3) is 5.91 Å². The van der Waals surface area contributed by atoms with Crippen molar-refractivity contribution in [3.63, 3.8) is 0 Å². The van der Waals surface area contributed by atoms with Crippen molar-refractivity contribution in [1.82, 2.24) is 10.5 Å². The second-order valence-electron chi connectivity index (χ2n) is 8.52. The van der Waals surface area contributed by atoms with Gasteiger partial charge in [-0.2, -0.15) is 0 Å². The fourth-order valence-electron chi connectivity index (χ4n) is 4.49. The smallest absolute Gasteiger partial charge is 0.273 e. The minimum Gasteiger partial charge on any atom is -0.360 e. The zero-order valence-corrected chi connectivity index (χ0v) is 15.3. The van der Waals surface area contributed by atoms with Crippen molar-refractivity contribution in [2.45, 2.75) is 82.2 Å². The van der Waals surface area contributed by atoms with Crippen molar-refractivity contribution < 1.29 is 14.1 Å². The number of nitrogens with one attached hydrogen (secondary N) is 1. The van der Waals surface area contributed by atoms with E-state index in [-0.39, 0.29) is 23.9 Å². The number of aromatic nitrogens is 1. The van der Waals surface area contributed by atoms with E-state index in [1.54, 1.807) is 6.07 Å². The fourth-order valence-corrected chi connectivity index (χ4v) is 4.49. The van der Waals surface area contributed by atoms with Crippen LogP contribution < -0.4 is 11.1 Å². The highest BCUT2D eigenvalue weighted by Crippen LogP contribution is 2.40. The first-order valence-electron chi connectivity index (χ1n) is 10.1. The van der Waals surface area contributed by atoms with Crippen molar-refractivity contribution >= 4 is 11.7 Å². The van der Waals surface area contributed by atoms with Gasteiger partial charge in [-0.3, -0.25) is 9.59 Å². The third-order valence-electron chi connectivity index (χ3n) is 6.34. The van der Waals surface area contributed by atoms with Gasteiger partial charge >= 0.3 is 0 Å². The minimum absolute atomic E-state index is 0.139. The SMILES string of the molecule is N[C@H]1CC[C@H](C(=O)CC2CCC(NC(=O)c3cc(C4CC4)on3)CC2)C1. The molecular formula is C20H29N3O3. The molecule has 3 N–H and O–H groups in total. The number of Topliss-reactive ketones (excluding diaryl/α,β-unsaturated/α-hetero) is 1. The number of nitrogens with zero attached hydrogens (tertiary/aromatic N) is 1. The Hall–Kier alpha value is -1.69. The summed E-state index contributed by atoms with van der Waals surface area (Å²) in [6.07, 6.45) is 9.63. The number of ketones is 1. The molecule has 1 aromatic heterocycles. The van der Waals surface area contributed by atoms with Crippen LogP contribution in [0.25, 0.3) is 0 Å². The van der Waals surface area contributed by atoms with Gasteiger partial charge in [-0.25, -0.2) is 0 Å². The van der Waals surface area contributed by atoms with E-state index in [9.17, 15) is 9.59 Å². The molecule has 142 valence electrons. The van der Waals surface area contributed by atoms with Crippen LogP contribution >= 0.6 is 0 Å². The van der Waals surface area contributed by atoms with Crippen molar-refractivity contribution in [2.24, 2.45) is 17.6 Å². The molecule has 26 heavy (non-hydrogen) atoms. The van der Waals surface area contributed by atoms with Crippen molar-refractivity contribution in [2.75, 3.05) is 0 Å². The maximum Gasteiger partial charge on any atom is 0.273 e. The van der Waals surface area contributed by atoms with E-state index in [0.717, 1.165) is 63.5 Å². The molecule has 1 amide bonds. The number of hydrogen-bond donors (Lipinski definition) is 2. The average molecular weight is 359 g/mol. The molecule has 0 unspecified atom stereocenters. The molecule has 6 nitrogen and oxygen atoms in total. The summed E-state index contributed by atoms with van der Waals surface area (Å²) in [7, 11) is 0. The highest BCUT2D eigenvalue weighted by Gasteiger charge is 2.32. The molecule has 0 radical (unpaired) electrons. The molecule has 0 spiro atoms. The Morgan fingerprint density at radius 3 is 2.54 bits per heavy atom. The average Bonchev–Trinajstić information content (AvgIpc) is 3.19. The summed E-state index contributed by atoms with van der Waals surface area (Å²) in [4.78, 5) is 24.8. The maximum absolute atomic E-state index is 12.4. The highest BCUT2D eigenvalue weighted by atomic mass is 16.5. The molecule has 1 aromatic rings. The van der Waals surface area contributed by atoms with Gasteiger partial charge in [-0.15, -0.1) is 0 Å². The summed E-state index contributed by atoms with van der Waals surface area (Å²) < 4.78 is 5.26. The van der Waals surface area contributed by atoms with Gasteiger partial charge in [0.15, 0.2) is 5.69 Å². The van der Waals surface area contributed by atoms with Crippen LogP contribution in [-0.4, -0.2) is 28.9 Å². The lowest BCUT2D eigenvalue weighted by Gasteiger charge is -2.29. The van der Waals surface area contributed by atoms with Gasteiger partial charge in [0.2, 0.25) is 0 Å². The topological polar surface area (TPSA) is 98.2 Å². The molecule has 2 atom stereocenters. The van der Waals surface area contributed by atoms with E-state index in [1.807, 2.05) is 0 Å². The van der Waals surface area contributed by atoms with E-state index in [2.05, 4.69) is 10.5 Å². The zero-order valence-electron chi connectivity index (χ0n) is 15.3. The Bertz CT molecular complexity index is 659. The summed E-state index contributed by atoms with van der Waals surface area (Å²) in [5.41, 5.74) is 6.32. The maximum atomic E-state index is 12.4. The first-order chi connectivity index (χ1) is 12.6. The molecule has 0 aromatic carbocycles. The lowest BCUT2D eigenvalue weighted by atomic mass is 9.81. The number of rotatable bonds is 6. The standard InChI is InChI=1S/C20H29N3O3/c21-15-6-5-14(10-15)18(24)9-12-1-7-16(8-2-12)22-20(25)17-11-19(26-23-17)13-3-4-13/h11-16H,1-10,21H2,(H,22,25)/t12?,14-,15-,16?/m0/s1. The van der Waals surface area contributed by atoms with Crippen LogP contribution in [0.5, 0.6) is 0 Å². The summed E-state index contributed by atoms with van der Waals surface area (Å²) in [5.74, 6) is 2.22. The van der Waals surface area contributed by atoms with Crippen molar-refractivity contribution in [3.05, 3.63) is 17.5 Å². The summed E-state index contributed by atoms with van der Waals surface area (Å²) in [6, 6.07) is 2.17. The lowest BCUT2D eigenvalue weighted by molar-refractivity contribution is -0.123. The number of amides is 1. The van der Waals surface area contributed by atoms with Crippen LogP contribution in [0, 0.1) is 11.8 Å². The molecule has 0 bridgehead atoms. The second-order valence-corrected chi connectivity index (χ2v) is 8.52. The predicted octanol–water partition coefficient (Wildman–Crippen LogP) is 2.93. The largest absolute Gasteiger partial charge is 0.360 e. The van der Waals surface area contributed by atoms with Gasteiger partial charge in [0, 0.05) is 36.4 Å². The third-order valence-corrected chi connectivity index (χ3v) is 6.34. The van der Waals surface area contributed by atoms with Crippen LogP contribution in [0.2, 0.25) is 0 Å². The Labute approximate surface area is 154 Å². The van der Waals surface area contributed by atoms with Gasteiger partial charge in [0.1, 0.15) is 11.5 Å². The van der Waals surface area contributed by atoms with E-state index in [4.69, 9.17) is 10.3 Å². The Morgan fingerprint density at radius 2 is 1.88 bits per heavy atom. The lowest BCUT2D eigenvalue weighted by Crippen LogP contribution is -2.38. The van der Waals surface area contributed by atoms with Crippen LogP contribution in [0.4, 0.5) is 0 Å². The molecule has 0 saturated heterocycles. The van der Waals surface area contributed by atoms with Gasteiger partial charge in [-0.1, -0.05) is 5.16 Å². The van der Waals surface area contributed by atoms with E-state index >= 15 is 0 Å². The van der Waals surface area contributed by atoms with Crippen LogP contribution in [-0.2, 0) is 4.79 Å². The number of hydrogen-bond acceptors (Lipinski definition) is 5. The third kappa shape index (κ3) is 4.17. The monoisotopic (exact) mass is 359 g/mol. The molecule has 3 fully saturated rings. The first kappa shape index (κ1) is 17.7. The minimum atomic E-state index is -0.139. The Morgan fingerprint density at radius 1 is 1.12 bits per heavy atom. The summed E-state index contributed by atoms with van der Waals surface area (Å²) >= 11 is 0. The molecule has 0 aliphatic heterocycles. The number of carbonyl (C=O) groups excluding carboxylic acids is 2. The predicted molar refractivity (Wildman–Crippen MR) is 96.6 cm³/mol. The molecule has 1 heterocycles. The summed E-state index contributed by atoms with van der Waals surface area (Å²) in [5, 5.41) is 6.99. The van der Waals surface area contributed by atoms with Crippen LogP contribution in [0.3, 0.4) is 0 Å². The molecular weight excluding hydrogens is 330 g/mol. The van der Waals surface area contributed by atoms with Crippen molar-refractivity contribution in [3.8, 4) is 0 Å². The van der Waals surface area contributed by atoms with Crippen molar-refractivity contribution in [1.29, 1.82) is 0 Å². The molecule has 3 saturated carbocycles. The van der Waals surface area contributed by atoms with Crippen LogP contribution in [0.1, 0.15) is 86.4 Å². The number of carbonyl (C=O) groups is 2. The quantitative estimate of drug-likeness (QED) is 0.814. The van der Waals surface area contributed by atoms with E-state index < -0.39 is 0 Å². The van der Waals surface area contributed by atoms with Gasteiger partial charge < -0.3 is 15.6 Å². The molecule has 6 heteroatoms. The second kappa shape index (κ2) is 7.51. The van der Waals surface area contributed by atoms with E-state index in [1.165, 1.54) is 0 Å². The molecule has 3 aliphatic carbocycles. The highest BCUT2D eigenvalue weighted by molar-refractivity contribution is 5.92. The van der Waals surface area contributed by atoms with Crippen LogP contribution in [0.15, 0.2) is 10.6 Å². The zero-order chi connectivity index (χ0) is 18.1. The first-order valence-corrected chi connectivity index (χ1v) is 10.1.